The predicted molar refractivity (Wildman–Crippen MR) is 85.9 cm³/mol. The van der Waals surface area contributed by atoms with Crippen LogP contribution in [0.2, 0.25) is 0 Å². The third-order valence-electron chi connectivity index (χ3n) is 3.65. The molecular formula is C16H32N4. The maximum atomic E-state index is 4.56. The molecule has 116 valence electrons. The Hall–Kier alpha value is -0.870. The summed E-state index contributed by atoms with van der Waals surface area (Å²) in [4.78, 5) is 2.32. The molecule has 0 aliphatic heterocycles. The molecule has 0 spiro atoms. The summed E-state index contributed by atoms with van der Waals surface area (Å²) in [5.41, 5.74) is 2.54. The smallest absolute Gasteiger partial charge is 0.0694 e. The second-order valence-corrected chi connectivity index (χ2v) is 6.75. The maximum absolute atomic E-state index is 4.56. The van der Waals surface area contributed by atoms with Crippen LogP contribution >= 0.6 is 0 Å². The molecule has 0 radical (unpaired) electrons. The molecule has 1 unspecified atom stereocenters. The van der Waals surface area contributed by atoms with Crippen molar-refractivity contribution < 1.29 is 0 Å². The van der Waals surface area contributed by atoms with Gasteiger partial charge in [-0.05, 0) is 32.4 Å². The summed E-state index contributed by atoms with van der Waals surface area (Å²) in [6.07, 6.45) is 3.36. The summed E-state index contributed by atoms with van der Waals surface area (Å²) in [5, 5.41) is 8.16. The minimum atomic E-state index is 0.480. The van der Waals surface area contributed by atoms with E-state index >= 15 is 0 Å². The molecule has 0 aromatic carbocycles. The lowest BCUT2D eigenvalue weighted by molar-refractivity contribution is 0.246. The number of hydrogen-bond donors (Lipinski definition) is 1. The van der Waals surface area contributed by atoms with Gasteiger partial charge in [0.25, 0.3) is 0 Å². The highest BCUT2D eigenvalue weighted by molar-refractivity contribution is 5.19. The minimum absolute atomic E-state index is 0.480. The second-order valence-electron chi connectivity index (χ2n) is 6.75. The standard InChI is InChI=1S/C16H32N4/c1-12(2)8-15(19(5)6)10-17-9-14-11-20(7)18-16(14)13(3)4/h11-13,15,17H,8-10H2,1-7H3. The lowest BCUT2D eigenvalue weighted by Crippen LogP contribution is -2.38. The average Bonchev–Trinajstić information content (AvgIpc) is 2.68. The molecule has 1 rings (SSSR count). The topological polar surface area (TPSA) is 33.1 Å². The molecule has 4 nitrogen and oxygen atoms in total. The molecule has 0 amide bonds. The number of rotatable bonds is 8. The van der Waals surface area contributed by atoms with Gasteiger partial charge in [0.05, 0.1) is 5.69 Å². The van der Waals surface area contributed by atoms with Gasteiger partial charge in [0.1, 0.15) is 0 Å². The third-order valence-corrected chi connectivity index (χ3v) is 3.65. The fraction of sp³-hybridized carbons (Fsp3) is 0.812. The van der Waals surface area contributed by atoms with Crippen LogP contribution in [-0.4, -0.2) is 41.4 Å². The first kappa shape index (κ1) is 17.2. The van der Waals surface area contributed by atoms with E-state index in [0.29, 0.717) is 12.0 Å². The predicted octanol–water partition coefficient (Wildman–Crippen LogP) is 2.61. The van der Waals surface area contributed by atoms with Crippen LogP contribution in [0.15, 0.2) is 6.20 Å². The van der Waals surface area contributed by atoms with Gasteiger partial charge in [-0.15, -0.1) is 0 Å². The highest BCUT2D eigenvalue weighted by Crippen LogP contribution is 2.17. The summed E-state index contributed by atoms with van der Waals surface area (Å²) in [7, 11) is 6.33. The van der Waals surface area contributed by atoms with Crippen molar-refractivity contribution >= 4 is 0 Å². The highest BCUT2D eigenvalue weighted by Gasteiger charge is 2.15. The number of likely N-dealkylation sites (N-methyl/N-ethyl adjacent to an activating group) is 1. The van der Waals surface area contributed by atoms with Gasteiger partial charge in [-0.25, -0.2) is 0 Å². The monoisotopic (exact) mass is 280 g/mol. The zero-order valence-corrected chi connectivity index (χ0v) is 14.3. The zero-order chi connectivity index (χ0) is 15.3. The number of hydrogen-bond acceptors (Lipinski definition) is 3. The third kappa shape index (κ3) is 5.25. The summed E-state index contributed by atoms with van der Waals surface area (Å²) in [6, 6.07) is 0.592. The quantitative estimate of drug-likeness (QED) is 0.794. The average molecular weight is 280 g/mol. The van der Waals surface area contributed by atoms with Gasteiger partial charge < -0.3 is 10.2 Å². The number of nitrogens with one attached hydrogen (secondary N) is 1. The number of aromatic nitrogens is 2. The molecule has 1 N–H and O–H groups in total. The van der Waals surface area contributed by atoms with Crippen molar-refractivity contribution in [3.63, 3.8) is 0 Å². The minimum Gasteiger partial charge on any atom is -0.311 e. The molecule has 0 aliphatic rings. The van der Waals surface area contributed by atoms with Crippen molar-refractivity contribution in [1.82, 2.24) is 20.0 Å². The van der Waals surface area contributed by atoms with Crippen LogP contribution in [0.3, 0.4) is 0 Å². The molecule has 1 heterocycles. The first-order chi connectivity index (χ1) is 9.31. The highest BCUT2D eigenvalue weighted by atomic mass is 15.3. The van der Waals surface area contributed by atoms with Gasteiger partial charge in [0.2, 0.25) is 0 Å². The van der Waals surface area contributed by atoms with Crippen LogP contribution in [0, 0.1) is 5.92 Å². The summed E-state index contributed by atoms with van der Waals surface area (Å²) in [5.74, 6) is 1.21. The Kier molecular flexibility index (Phi) is 6.69. The van der Waals surface area contributed by atoms with Gasteiger partial charge >= 0.3 is 0 Å². The molecule has 4 heteroatoms. The van der Waals surface area contributed by atoms with E-state index in [1.807, 2.05) is 11.7 Å². The SMILES string of the molecule is CC(C)CC(CNCc1cn(C)nc1C(C)C)N(C)C. The van der Waals surface area contributed by atoms with Crippen molar-refractivity contribution in [2.75, 3.05) is 20.6 Å². The lowest BCUT2D eigenvalue weighted by Gasteiger charge is -2.26. The molecular weight excluding hydrogens is 248 g/mol. The Labute approximate surface area is 124 Å². The van der Waals surface area contributed by atoms with Gasteiger partial charge in [0.15, 0.2) is 0 Å². The second kappa shape index (κ2) is 7.79. The van der Waals surface area contributed by atoms with Crippen LogP contribution in [-0.2, 0) is 13.6 Å². The van der Waals surface area contributed by atoms with E-state index in [4.69, 9.17) is 0 Å². The molecule has 1 aromatic rings. The van der Waals surface area contributed by atoms with Crippen molar-refractivity contribution in [2.45, 2.75) is 52.6 Å². The fourth-order valence-corrected chi connectivity index (χ4v) is 2.57. The van der Waals surface area contributed by atoms with Crippen LogP contribution in [0.1, 0.15) is 51.3 Å². The van der Waals surface area contributed by atoms with Gasteiger partial charge in [-0.3, -0.25) is 4.68 Å². The molecule has 20 heavy (non-hydrogen) atoms. The van der Waals surface area contributed by atoms with Gasteiger partial charge in [-0.1, -0.05) is 27.7 Å². The van der Waals surface area contributed by atoms with E-state index in [1.54, 1.807) is 0 Å². The van der Waals surface area contributed by atoms with Crippen LogP contribution in [0.5, 0.6) is 0 Å². The normalized spacial score (nSPS) is 13.7. The molecule has 0 saturated carbocycles. The first-order valence-electron chi connectivity index (χ1n) is 7.70. The van der Waals surface area contributed by atoms with E-state index in [2.05, 4.69) is 63.3 Å². The molecule has 1 atom stereocenters. The Morgan fingerprint density at radius 1 is 1.25 bits per heavy atom. The van der Waals surface area contributed by atoms with E-state index in [9.17, 15) is 0 Å². The van der Waals surface area contributed by atoms with Crippen LogP contribution in [0.25, 0.3) is 0 Å². The Balaban J connectivity index is 2.54. The maximum Gasteiger partial charge on any atom is 0.0694 e. The number of aryl methyl sites for hydroxylation is 1. The molecule has 1 aromatic heterocycles. The Bertz CT molecular complexity index is 393. The van der Waals surface area contributed by atoms with Crippen molar-refractivity contribution in [2.24, 2.45) is 13.0 Å². The van der Waals surface area contributed by atoms with E-state index in [1.165, 1.54) is 17.7 Å². The van der Waals surface area contributed by atoms with Gasteiger partial charge in [-0.2, -0.15) is 5.10 Å². The van der Waals surface area contributed by atoms with E-state index in [0.717, 1.165) is 19.0 Å². The Morgan fingerprint density at radius 3 is 2.40 bits per heavy atom. The fourth-order valence-electron chi connectivity index (χ4n) is 2.57. The molecule has 0 saturated heterocycles. The van der Waals surface area contributed by atoms with Gasteiger partial charge in [0, 0.05) is 37.9 Å². The summed E-state index contributed by atoms with van der Waals surface area (Å²) in [6.45, 7) is 10.9. The lowest BCUT2D eigenvalue weighted by atomic mass is 10.0. The van der Waals surface area contributed by atoms with Crippen molar-refractivity contribution in [1.29, 1.82) is 0 Å². The van der Waals surface area contributed by atoms with Crippen molar-refractivity contribution in [3.05, 3.63) is 17.5 Å². The van der Waals surface area contributed by atoms with E-state index < -0.39 is 0 Å². The van der Waals surface area contributed by atoms with Crippen LogP contribution < -0.4 is 5.32 Å². The largest absolute Gasteiger partial charge is 0.311 e. The molecule has 0 aliphatic carbocycles. The first-order valence-corrected chi connectivity index (χ1v) is 7.70. The molecule has 0 fully saturated rings. The summed E-state index contributed by atoms with van der Waals surface area (Å²) >= 11 is 0. The van der Waals surface area contributed by atoms with Crippen LogP contribution in [0.4, 0.5) is 0 Å². The van der Waals surface area contributed by atoms with E-state index in [-0.39, 0.29) is 0 Å². The zero-order valence-electron chi connectivity index (χ0n) is 14.3. The summed E-state index contributed by atoms with van der Waals surface area (Å²) < 4.78 is 1.92. The Morgan fingerprint density at radius 2 is 1.90 bits per heavy atom. The molecule has 0 bridgehead atoms. The van der Waals surface area contributed by atoms with Crippen molar-refractivity contribution in [3.8, 4) is 0 Å². The number of nitrogens with zero attached hydrogens (tertiary/aromatic N) is 3.